The van der Waals surface area contributed by atoms with Crippen LogP contribution < -0.4 is 10.5 Å². The Labute approximate surface area is 132 Å². The molecule has 0 fully saturated rings. The summed E-state index contributed by atoms with van der Waals surface area (Å²) in [6.45, 7) is 4.28. The van der Waals surface area contributed by atoms with Gasteiger partial charge in [0.25, 0.3) is 0 Å². The van der Waals surface area contributed by atoms with Gasteiger partial charge in [-0.1, -0.05) is 31.1 Å². The van der Waals surface area contributed by atoms with Crippen LogP contribution in [0.25, 0.3) is 0 Å². The fourth-order valence-electron chi connectivity index (χ4n) is 1.86. The molecule has 2 aromatic carbocycles. The monoisotopic (exact) mass is 348 g/mol. The fraction of sp³-hybridized carbons (Fsp3) is 0.188. The molecule has 0 aromatic heterocycles. The maximum absolute atomic E-state index is 8.68. The number of benzene rings is 2. The lowest BCUT2D eigenvalue weighted by molar-refractivity contribution is 0.318. The van der Waals surface area contributed by atoms with Crippen molar-refractivity contribution in [3.05, 3.63) is 58.1 Å². The molecule has 0 spiro atoms. The Morgan fingerprint density at radius 2 is 2.00 bits per heavy atom. The number of ether oxygens (including phenoxy) is 1. The summed E-state index contributed by atoms with van der Waals surface area (Å²) in [5.41, 5.74) is 7.39. The van der Waals surface area contributed by atoms with Crippen molar-refractivity contribution in [2.45, 2.75) is 19.8 Å². The second-order valence-corrected chi connectivity index (χ2v) is 5.81. The zero-order chi connectivity index (χ0) is 15.4. The molecule has 0 bridgehead atoms. The predicted octanol–water partition coefficient (Wildman–Crippen LogP) is 4.46. The van der Waals surface area contributed by atoms with Gasteiger partial charge in [0.1, 0.15) is 11.5 Å². The SMILES string of the molecule is CC(C)c1cccc(Oc2ccc(/C(N)=N/O)cc2Br)c1. The fourth-order valence-corrected chi connectivity index (χ4v) is 2.32. The molecule has 0 saturated heterocycles. The van der Waals surface area contributed by atoms with Crippen LogP contribution in [0.4, 0.5) is 0 Å². The standard InChI is InChI=1S/C16H17BrN2O2/c1-10(2)11-4-3-5-13(8-11)21-15-7-6-12(9-14(15)17)16(18)19-20/h3-10,20H,1-2H3,(H2,18,19). The molecule has 2 aromatic rings. The lowest BCUT2D eigenvalue weighted by Crippen LogP contribution is -2.12. The van der Waals surface area contributed by atoms with Crippen LogP contribution in [-0.2, 0) is 0 Å². The number of halogens is 1. The van der Waals surface area contributed by atoms with Gasteiger partial charge in [-0.05, 0) is 57.7 Å². The van der Waals surface area contributed by atoms with Crippen molar-refractivity contribution in [2.75, 3.05) is 0 Å². The zero-order valence-corrected chi connectivity index (χ0v) is 13.5. The molecule has 0 atom stereocenters. The first-order valence-corrected chi connectivity index (χ1v) is 7.36. The molecular weight excluding hydrogens is 332 g/mol. The first-order chi connectivity index (χ1) is 10.0. The molecule has 0 aliphatic heterocycles. The van der Waals surface area contributed by atoms with Crippen LogP contribution in [0.1, 0.15) is 30.9 Å². The lowest BCUT2D eigenvalue weighted by atomic mass is 10.0. The normalized spacial score (nSPS) is 11.7. The Morgan fingerprint density at radius 3 is 2.62 bits per heavy atom. The molecule has 0 amide bonds. The van der Waals surface area contributed by atoms with Gasteiger partial charge < -0.3 is 15.7 Å². The molecule has 110 valence electrons. The molecule has 0 heterocycles. The number of nitrogens with two attached hydrogens (primary N) is 1. The minimum atomic E-state index is 0.0593. The maximum atomic E-state index is 8.68. The predicted molar refractivity (Wildman–Crippen MR) is 87.3 cm³/mol. The molecule has 5 heteroatoms. The Morgan fingerprint density at radius 1 is 1.24 bits per heavy atom. The molecule has 0 aliphatic rings. The van der Waals surface area contributed by atoms with E-state index in [1.165, 1.54) is 5.56 Å². The van der Waals surface area contributed by atoms with Gasteiger partial charge in [0.15, 0.2) is 5.84 Å². The highest BCUT2D eigenvalue weighted by atomic mass is 79.9. The summed E-state index contributed by atoms with van der Waals surface area (Å²) >= 11 is 3.43. The third-order valence-electron chi connectivity index (χ3n) is 3.09. The molecule has 4 nitrogen and oxygen atoms in total. The van der Waals surface area contributed by atoms with Crippen LogP contribution in [0.3, 0.4) is 0 Å². The van der Waals surface area contributed by atoms with Gasteiger partial charge in [-0.15, -0.1) is 0 Å². The van der Waals surface area contributed by atoms with Crippen molar-refractivity contribution in [3.63, 3.8) is 0 Å². The van der Waals surface area contributed by atoms with E-state index >= 15 is 0 Å². The molecule has 0 aliphatic carbocycles. The maximum Gasteiger partial charge on any atom is 0.170 e. The Kier molecular flexibility index (Phi) is 4.85. The number of oxime groups is 1. The second kappa shape index (κ2) is 6.63. The third kappa shape index (κ3) is 3.76. The van der Waals surface area contributed by atoms with Gasteiger partial charge in [0.2, 0.25) is 0 Å². The summed E-state index contributed by atoms with van der Waals surface area (Å²) in [6, 6.07) is 13.2. The van der Waals surface area contributed by atoms with Crippen LogP contribution in [0.15, 0.2) is 52.1 Å². The largest absolute Gasteiger partial charge is 0.456 e. The third-order valence-corrected chi connectivity index (χ3v) is 3.71. The quantitative estimate of drug-likeness (QED) is 0.371. The molecule has 2 rings (SSSR count). The van der Waals surface area contributed by atoms with Crippen LogP contribution in [0, 0.1) is 0 Å². The Balaban J connectivity index is 2.26. The van der Waals surface area contributed by atoms with E-state index in [1.54, 1.807) is 18.2 Å². The molecule has 0 saturated carbocycles. The van der Waals surface area contributed by atoms with Gasteiger partial charge in [-0.3, -0.25) is 0 Å². The zero-order valence-electron chi connectivity index (χ0n) is 11.9. The van der Waals surface area contributed by atoms with Crippen LogP contribution in [0.5, 0.6) is 11.5 Å². The molecule has 0 unspecified atom stereocenters. The number of hydrogen-bond acceptors (Lipinski definition) is 3. The minimum absolute atomic E-state index is 0.0593. The van der Waals surface area contributed by atoms with E-state index in [1.807, 2.05) is 18.2 Å². The van der Waals surface area contributed by atoms with Crippen LogP contribution >= 0.6 is 15.9 Å². The van der Waals surface area contributed by atoms with Gasteiger partial charge in [-0.2, -0.15) is 0 Å². The summed E-state index contributed by atoms with van der Waals surface area (Å²) in [7, 11) is 0. The molecular formula is C16H17BrN2O2. The van der Waals surface area contributed by atoms with E-state index < -0.39 is 0 Å². The first-order valence-electron chi connectivity index (χ1n) is 6.56. The summed E-state index contributed by atoms with van der Waals surface area (Å²) in [6.07, 6.45) is 0. The topological polar surface area (TPSA) is 67.8 Å². The average molecular weight is 349 g/mol. The molecule has 0 radical (unpaired) electrons. The highest BCUT2D eigenvalue weighted by Gasteiger charge is 2.08. The average Bonchev–Trinajstić information content (AvgIpc) is 2.48. The van der Waals surface area contributed by atoms with Gasteiger partial charge in [0, 0.05) is 5.56 Å². The van der Waals surface area contributed by atoms with Crippen molar-refractivity contribution in [1.82, 2.24) is 0 Å². The van der Waals surface area contributed by atoms with E-state index in [9.17, 15) is 0 Å². The molecule has 21 heavy (non-hydrogen) atoms. The van der Waals surface area contributed by atoms with Crippen molar-refractivity contribution < 1.29 is 9.94 Å². The van der Waals surface area contributed by atoms with E-state index in [-0.39, 0.29) is 5.84 Å². The second-order valence-electron chi connectivity index (χ2n) is 4.96. The van der Waals surface area contributed by atoms with Gasteiger partial charge in [0.05, 0.1) is 4.47 Å². The highest BCUT2D eigenvalue weighted by molar-refractivity contribution is 9.10. The summed E-state index contributed by atoms with van der Waals surface area (Å²) < 4.78 is 6.62. The summed E-state index contributed by atoms with van der Waals surface area (Å²) in [4.78, 5) is 0. The number of hydrogen-bond donors (Lipinski definition) is 2. The smallest absolute Gasteiger partial charge is 0.170 e. The minimum Gasteiger partial charge on any atom is -0.456 e. The Bertz CT molecular complexity index is 669. The van der Waals surface area contributed by atoms with E-state index in [0.29, 0.717) is 17.2 Å². The Hall–Kier alpha value is -2.01. The van der Waals surface area contributed by atoms with Crippen LogP contribution in [-0.4, -0.2) is 11.0 Å². The number of amidine groups is 1. The first kappa shape index (κ1) is 15.4. The van der Waals surface area contributed by atoms with Crippen molar-refractivity contribution >= 4 is 21.8 Å². The van der Waals surface area contributed by atoms with Crippen molar-refractivity contribution in [1.29, 1.82) is 0 Å². The summed E-state index contributed by atoms with van der Waals surface area (Å²) in [5.74, 6) is 1.95. The van der Waals surface area contributed by atoms with E-state index in [0.717, 1.165) is 10.2 Å². The number of rotatable bonds is 4. The lowest BCUT2D eigenvalue weighted by Gasteiger charge is -2.11. The van der Waals surface area contributed by atoms with Gasteiger partial charge in [-0.25, -0.2) is 0 Å². The highest BCUT2D eigenvalue weighted by Crippen LogP contribution is 2.31. The molecule has 3 N–H and O–H groups in total. The van der Waals surface area contributed by atoms with Crippen molar-refractivity contribution in [2.24, 2.45) is 10.9 Å². The van der Waals surface area contributed by atoms with Gasteiger partial charge >= 0.3 is 0 Å². The van der Waals surface area contributed by atoms with Crippen LogP contribution in [0.2, 0.25) is 0 Å². The van der Waals surface area contributed by atoms with E-state index in [4.69, 9.17) is 15.7 Å². The number of nitrogens with zero attached hydrogens (tertiary/aromatic N) is 1. The summed E-state index contributed by atoms with van der Waals surface area (Å²) in [5, 5.41) is 11.7. The van der Waals surface area contributed by atoms with Crippen molar-refractivity contribution in [3.8, 4) is 11.5 Å². The van der Waals surface area contributed by atoms with E-state index in [2.05, 4.69) is 41.0 Å².